The van der Waals surface area contributed by atoms with Crippen LogP contribution in [0.2, 0.25) is 0 Å². The zero-order chi connectivity index (χ0) is 20.3. The van der Waals surface area contributed by atoms with E-state index in [-0.39, 0.29) is 22.9 Å². The molecule has 0 amide bonds. The normalized spacial score (nSPS) is 10.8. The summed E-state index contributed by atoms with van der Waals surface area (Å²) < 4.78 is 11.1. The van der Waals surface area contributed by atoms with Crippen LogP contribution in [0.3, 0.4) is 0 Å². The Balaban J connectivity index is 2.14. The highest BCUT2D eigenvalue weighted by molar-refractivity contribution is 5.82. The molecule has 1 heterocycles. The molecule has 0 unspecified atom stereocenters. The number of nitrogens with one attached hydrogen (secondary N) is 1. The van der Waals surface area contributed by atoms with Crippen molar-refractivity contribution in [1.29, 1.82) is 0 Å². The molecule has 3 rings (SSSR count). The zero-order valence-electron chi connectivity index (χ0n) is 15.3. The number of nitro groups is 2. The summed E-state index contributed by atoms with van der Waals surface area (Å²) in [5, 5.41) is 22.5. The predicted molar refractivity (Wildman–Crippen MR) is 102 cm³/mol. The molecule has 0 fully saturated rings. The van der Waals surface area contributed by atoms with Crippen molar-refractivity contribution in [1.82, 2.24) is 9.97 Å². The van der Waals surface area contributed by atoms with Gasteiger partial charge in [0, 0.05) is 23.8 Å². The molecular weight excluding hydrogens is 368 g/mol. The number of nitro benzene ring substituents is 2. The minimum absolute atomic E-state index is 0.0733. The Morgan fingerprint density at radius 1 is 1.07 bits per heavy atom. The minimum Gasteiger partial charge on any atom is -0.490 e. The second-order valence-electron chi connectivity index (χ2n) is 5.91. The molecule has 0 aliphatic heterocycles. The van der Waals surface area contributed by atoms with Gasteiger partial charge < -0.3 is 14.5 Å². The van der Waals surface area contributed by atoms with Gasteiger partial charge in [-0.15, -0.1) is 0 Å². The summed E-state index contributed by atoms with van der Waals surface area (Å²) in [6, 6.07) is 7.18. The standard InChI is InChI=1S/C18H18N4O6/c1-3-7-28-17-15(22(25)26)8-11(9-16(17)27-4-2)18-19-13-6-5-12(21(23)24)10-14(13)20-18/h5-6,8-10H,3-4,7H2,1-2H3,(H,19,20). The van der Waals surface area contributed by atoms with E-state index in [4.69, 9.17) is 9.47 Å². The van der Waals surface area contributed by atoms with Crippen molar-refractivity contribution < 1.29 is 19.3 Å². The number of rotatable bonds is 8. The van der Waals surface area contributed by atoms with E-state index in [1.54, 1.807) is 13.0 Å². The van der Waals surface area contributed by atoms with Crippen molar-refractivity contribution in [2.24, 2.45) is 0 Å². The lowest BCUT2D eigenvalue weighted by Crippen LogP contribution is -2.04. The Labute approximate surface area is 159 Å². The van der Waals surface area contributed by atoms with Gasteiger partial charge in [0.2, 0.25) is 5.75 Å². The molecule has 2 aromatic carbocycles. The lowest BCUT2D eigenvalue weighted by molar-refractivity contribution is -0.385. The average molecular weight is 386 g/mol. The van der Waals surface area contributed by atoms with Crippen LogP contribution in [0.4, 0.5) is 11.4 Å². The number of non-ortho nitro benzene ring substituents is 1. The Hall–Kier alpha value is -3.69. The van der Waals surface area contributed by atoms with Crippen molar-refractivity contribution in [2.75, 3.05) is 13.2 Å². The van der Waals surface area contributed by atoms with Crippen molar-refractivity contribution >= 4 is 22.4 Å². The number of ether oxygens (including phenoxy) is 2. The van der Waals surface area contributed by atoms with Gasteiger partial charge in [-0.25, -0.2) is 4.98 Å². The summed E-state index contributed by atoms with van der Waals surface area (Å²) in [7, 11) is 0. The Bertz CT molecular complexity index is 1050. The predicted octanol–water partition coefficient (Wildman–Crippen LogP) is 4.23. The van der Waals surface area contributed by atoms with E-state index in [1.165, 1.54) is 24.3 Å². The van der Waals surface area contributed by atoms with Crippen LogP contribution >= 0.6 is 0 Å². The molecule has 10 heteroatoms. The minimum atomic E-state index is -0.537. The van der Waals surface area contributed by atoms with Crippen LogP contribution in [-0.2, 0) is 0 Å². The summed E-state index contributed by atoms with van der Waals surface area (Å²) in [6.45, 7) is 4.28. The van der Waals surface area contributed by atoms with Crippen LogP contribution in [0.15, 0.2) is 30.3 Å². The quantitative estimate of drug-likeness (QED) is 0.452. The molecule has 0 saturated heterocycles. The van der Waals surface area contributed by atoms with E-state index in [9.17, 15) is 20.2 Å². The topological polar surface area (TPSA) is 133 Å². The molecular formula is C18H18N4O6. The van der Waals surface area contributed by atoms with Crippen LogP contribution in [0.5, 0.6) is 11.5 Å². The lowest BCUT2D eigenvalue weighted by Gasteiger charge is -2.13. The molecule has 0 bridgehead atoms. The monoisotopic (exact) mass is 386 g/mol. The molecule has 28 heavy (non-hydrogen) atoms. The van der Waals surface area contributed by atoms with Gasteiger partial charge in [-0.1, -0.05) is 6.92 Å². The Morgan fingerprint density at radius 3 is 2.50 bits per heavy atom. The fourth-order valence-corrected chi connectivity index (χ4v) is 2.72. The number of nitrogens with zero attached hydrogens (tertiary/aromatic N) is 3. The summed E-state index contributed by atoms with van der Waals surface area (Å²) in [5.74, 6) is 0.650. The molecule has 0 spiro atoms. The van der Waals surface area contributed by atoms with Gasteiger partial charge in [0.15, 0.2) is 5.75 Å². The smallest absolute Gasteiger partial charge is 0.315 e. The summed E-state index contributed by atoms with van der Waals surface area (Å²) in [5.41, 5.74) is 1.06. The van der Waals surface area contributed by atoms with E-state index in [0.29, 0.717) is 42.1 Å². The zero-order valence-corrected chi connectivity index (χ0v) is 15.3. The number of imidazole rings is 1. The van der Waals surface area contributed by atoms with Crippen molar-refractivity contribution in [3.8, 4) is 22.9 Å². The number of aromatic amines is 1. The first kappa shape index (κ1) is 19.1. The van der Waals surface area contributed by atoms with E-state index in [1.807, 2.05) is 6.92 Å². The molecule has 3 aromatic rings. The van der Waals surface area contributed by atoms with E-state index < -0.39 is 9.85 Å². The van der Waals surface area contributed by atoms with Crippen LogP contribution in [-0.4, -0.2) is 33.0 Å². The van der Waals surface area contributed by atoms with Crippen LogP contribution in [0.1, 0.15) is 20.3 Å². The number of fused-ring (bicyclic) bond motifs is 1. The van der Waals surface area contributed by atoms with Crippen LogP contribution in [0.25, 0.3) is 22.4 Å². The maximum Gasteiger partial charge on any atom is 0.315 e. The average Bonchev–Trinajstić information content (AvgIpc) is 3.09. The second kappa shape index (κ2) is 7.91. The molecule has 0 saturated carbocycles. The van der Waals surface area contributed by atoms with Gasteiger partial charge in [-0.05, 0) is 25.5 Å². The van der Waals surface area contributed by atoms with E-state index in [0.717, 1.165) is 0 Å². The number of aromatic nitrogens is 2. The number of H-pyrrole nitrogens is 1. The number of benzene rings is 2. The fourth-order valence-electron chi connectivity index (χ4n) is 2.72. The van der Waals surface area contributed by atoms with Gasteiger partial charge in [0.05, 0.1) is 34.1 Å². The fraction of sp³-hybridized carbons (Fsp3) is 0.278. The largest absolute Gasteiger partial charge is 0.490 e. The van der Waals surface area contributed by atoms with Gasteiger partial charge in [-0.2, -0.15) is 0 Å². The molecule has 146 valence electrons. The highest BCUT2D eigenvalue weighted by atomic mass is 16.6. The molecule has 0 aliphatic carbocycles. The van der Waals surface area contributed by atoms with Gasteiger partial charge in [0.1, 0.15) is 5.82 Å². The summed E-state index contributed by atoms with van der Waals surface area (Å²) in [4.78, 5) is 28.8. The maximum absolute atomic E-state index is 11.6. The van der Waals surface area contributed by atoms with E-state index >= 15 is 0 Å². The Kier molecular flexibility index (Phi) is 5.39. The first-order valence-electron chi connectivity index (χ1n) is 8.67. The molecule has 1 aromatic heterocycles. The second-order valence-corrected chi connectivity index (χ2v) is 5.91. The third-order valence-corrected chi connectivity index (χ3v) is 3.93. The molecule has 0 aliphatic rings. The first-order valence-corrected chi connectivity index (χ1v) is 8.67. The van der Waals surface area contributed by atoms with Crippen LogP contribution in [0, 0.1) is 20.2 Å². The van der Waals surface area contributed by atoms with Crippen molar-refractivity contribution in [3.05, 3.63) is 50.6 Å². The molecule has 0 radical (unpaired) electrons. The maximum atomic E-state index is 11.6. The number of hydrogen-bond donors (Lipinski definition) is 1. The molecule has 0 atom stereocenters. The van der Waals surface area contributed by atoms with Crippen molar-refractivity contribution in [2.45, 2.75) is 20.3 Å². The number of hydrogen-bond acceptors (Lipinski definition) is 7. The third-order valence-electron chi connectivity index (χ3n) is 3.93. The molecule has 10 nitrogen and oxygen atoms in total. The van der Waals surface area contributed by atoms with Gasteiger partial charge >= 0.3 is 5.69 Å². The third kappa shape index (κ3) is 3.70. The first-order chi connectivity index (χ1) is 13.4. The Morgan fingerprint density at radius 2 is 1.86 bits per heavy atom. The highest BCUT2D eigenvalue weighted by Gasteiger charge is 2.24. The molecule has 1 N–H and O–H groups in total. The van der Waals surface area contributed by atoms with Crippen LogP contribution < -0.4 is 9.47 Å². The van der Waals surface area contributed by atoms with E-state index in [2.05, 4.69) is 9.97 Å². The summed E-state index contributed by atoms with van der Waals surface area (Å²) in [6.07, 6.45) is 0.687. The van der Waals surface area contributed by atoms with Gasteiger partial charge in [-0.3, -0.25) is 20.2 Å². The lowest BCUT2D eigenvalue weighted by atomic mass is 10.1. The SMILES string of the molecule is CCCOc1c(OCC)cc(-c2nc3ccc([N+](=O)[O-])cc3[nH]2)cc1[N+](=O)[O-]. The van der Waals surface area contributed by atoms with Crippen molar-refractivity contribution in [3.63, 3.8) is 0 Å². The summed E-state index contributed by atoms with van der Waals surface area (Å²) >= 11 is 0. The van der Waals surface area contributed by atoms with Gasteiger partial charge in [0.25, 0.3) is 5.69 Å². The highest BCUT2D eigenvalue weighted by Crippen LogP contribution is 2.41.